The zero-order valence-electron chi connectivity index (χ0n) is 39.6. The molecule has 1 atom stereocenters. The van der Waals surface area contributed by atoms with Gasteiger partial charge in [-0.15, -0.1) is 11.6 Å². The average molecular weight is 976 g/mol. The van der Waals surface area contributed by atoms with Crippen molar-refractivity contribution in [3.05, 3.63) is 110 Å². The summed E-state index contributed by atoms with van der Waals surface area (Å²) < 4.78 is 15.1. The molecular formula is C52H60Cl2N10O5. The Balaban J connectivity index is 0.659. The average Bonchev–Trinajstić information content (AvgIpc) is 3.59. The minimum atomic E-state index is -0.682. The maximum atomic E-state index is 13.4. The molecule has 0 bridgehead atoms. The number of alkyl halides is 1. The van der Waals surface area contributed by atoms with Gasteiger partial charge in [0.05, 0.1) is 33.2 Å². The number of hydrogen-bond donors (Lipinski definition) is 1. The first-order valence-electron chi connectivity index (χ1n) is 24.3. The third kappa shape index (κ3) is 9.34. The summed E-state index contributed by atoms with van der Waals surface area (Å²) in [5, 5.41) is 12.6. The first-order valence-corrected chi connectivity index (χ1v) is 25.2. The van der Waals surface area contributed by atoms with Crippen molar-refractivity contribution in [1.29, 1.82) is 5.26 Å². The lowest BCUT2D eigenvalue weighted by atomic mass is 9.71. The largest absolute Gasteiger partial charge is 0.489 e. The van der Waals surface area contributed by atoms with E-state index in [9.17, 15) is 19.6 Å². The van der Waals surface area contributed by atoms with Gasteiger partial charge < -0.3 is 19.3 Å². The van der Waals surface area contributed by atoms with Gasteiger partial charge in [-0.25, -0.2) is 14.8 Å². The highest BCUT2D eigenvalue weighted by molar-refractivity contribution is 6.32. The van der Waals surface area contributed by atoms with E-state index in [0.717, 1.165) is 104 Å². The molecule has 0 saturated carbocycles. The Bertz CT molecular complexity index is 2830. The molecule has 5 fully saturated rings. The van der Waals surface area contributed by atoms with E-state index in [1.54, 1.807) is 16.2 Å². The second-order valence-corrected chi connectivity index (χ2v) is 21.0. The lowest BCUT2D eigenvalue weighted by Gasteiger charge is -2.55. The van der Waals surface area contributed by atoms with E-state index in [0.29, 0.717) is 52.7 Å². The molecule has 1 N–H and O–H groups in total. The highest BCUT2D eigenvalue weighted by Gasteiger charge is 2.47. The lowest BCUT2D eigenvalue weighted by molar-refractivity contribution is -0.135. The number of piperidine rings is 3. The Hall–Kier alpha value is -5.50. The van der Waals surface area contributed by atoms with Crippen molar-refractivity contribution >= 4 is 52.0 Å². The Kier molecular flexibility index (Phi) is 13.2. The standard InChI is InChI=1S/C52H60Cl2N10O5/c1-51(2,37-25-35(27-55)47(42(54)26-37)68-24-18-53)36-7-9-41(10-8-36)69-31-38-13-19-56-49(57-38)63-32-52(33-63)16-22-62(23-17-52)39-14-20-61(21-15-39)40-29-60(30-40)28-34-5-4-6-43-46(34)59(3)50(67)64(43)44-11-12-45(65)58-48(44)66/h4-10,13,19,25-26,39-40,44H,11-12,14-18,20-24,28-33H2,1-3H3,(H,58,65,66). The van der Waals surface area contributed by atoms with Gasteiger partial charge in [-0.1, -0.05) is 49.7 Å². The third-order valence-electron chi connectivity index (χ3n) is 15.6. The second kappa shape index (κ2) is 19.4. The topological polar surface area (TPSA) is 154 Å². The fourth-order valence-electron chi connectivity index (χ4n) is 11.5. The maximum absolute atomic E-state index is 13.4. The van der Waals surface area contributed by atoms with E-state index in [-0.39, 0.29) is 24.6 Å². The van der Waals surface area contributed by atoms with Crippen molar-refractivity contribution in [2.24, 2.45) is 12.5 Å². The summed E-state index contributed by atoms with van der Waals surface area (Å²) in [6.45, 7) is 14.1. The number of benzene rings is 3. The van der Waals surface area contributed by atoms with Crippen LogP contribution in [0.3, 0.4) is 0 Å². The van der Waals surface area contributed by atoms with Crippen LogP contribution in [0.25, 0.3) is 11.0 Å². The number of carbonyl (C=O) groups is 2. The van der Waals surface area contributed by atoms with Gasteiger partial charge in [0.25, 0.3) is 0 Å². The van der Waals surface area contributed by atoms with Gasteiger partial charge in [-0.2, -0.15) is 5.26 Å². The van der Waals surface area contributed by atoms with Gasteiger partial charge in [0.15, 0.2) is 5.75 Å². The molecule has 0 radical (unpaired) electrons. The quantitative estimate of drug-likeness (QED) is 0.0968. The number of carbonyl (C=O) groups excluding carboxylic acids is 2. The van der Waals surface area contributed by atoms with Gasteiger partial charge in [-0.05, 0) is 98.3 Å². The van der Waals surface area contributed by atoms with E-state index in [4.69, 9.17) is 37.7 Å². The molecule has 15 nitrogen and oxygen atoms in total. The summed E-state index contributed by atoms with van der Waals surface area (Å²) in [4.78, 5) is 57.7. The van der Waals surface area contributed by atoms with Crippen LogP contribution in [0.15, 0.2) is 71.7 Å². The van der Waals surface area contributed by atoms with Crippen LogP contribution in [0, 0.1) is 16.7 Å². The smallest absolute Gasteiger partial charge is 0.329 e. The molecule has 17 heteroatoms. The maximum Gasteiger partial charge on any atom is 0.329 e. The van der Waals surface area contributed by atoms with E-state index >= 15 is 0 Å². The molecule has 0 aliphatic carbocycles. The van der Waals surface area contributed by atoms with Crippen LogP contribution in [0.4, 0.5) is 5.95 Å². The van der Waals surface area contributed by atoms with Crippen LogP contribution in [0.2, 0.25) is 5.02 Å². The number of halogens is 2. The highest BCUT2D eigenvalue weighted by Crippen LogP contribution is 2.43. The number of ether oxygens (including phenoxy) is 2. The number of likely N-dealkylation sites (tertiary alicyclic amines) is 3. The van der Waals surface area contributed by atoms with E-state index < -0.39 is 17.4 Å². The summed E-state index contributed by atoms with van der Waals surface area (Å²) >= 11 is 12.4. The molecule has 5 aliphatic heterocycles. The zero-order chi connectivity index (χ0) is 48.0. The van der Waals surface area contributed by atoms with E-state index in [1.807, 2.05) is 60.8 Å². The summed E-state index contributed by atoms with van der Waals surface area (Å²) in [5.74, 6) is 1.47. The first kappa shape index (κ1) is 47.2. The molecule has 2 amide bonds. The number of nitriles is 1. The van der Waals surface area contributed by atoms with Crippen LogP contribution in [0.5, 0.6) is 11.5 Å². The Morgan fingerprint density at radius 1 is 0.913 bits per heavy atom. The molecule has 362 valence electrons. The second-order valence-electron chi connectivity index (χ2n) is 20.2. The summed E-state index contributed by atoms with van der Waals surface area (Å²) in [6, 6.07) is 22.3. The summed E-state index contributed by atoms with van der Waals surface area (Å²) in [7, 11) is 1.77. The number of aromatic nitrogens is 4. The molecule has 3 aromatic carbocycles. The molecule has 7 heterocycles. The number of aryl methyl sites for hydroxylation is 1. The lowest BCUT2D eigenvalue weighted by Crippen LogP contribution is -2.63. The van der Waals surface area contributed by atoms with Crippen molar-refractivity contribution in [3.63, 3.8) is 0 Å². The summed E-state index contributed by atoms with van der Waals surface area (Å²) in [5.41, 5.74) is 5.52. The molecular weight excluding hydrogens is 916 g/mol. The number of rotatable bonds is 14. The number of amides is 2. The van der Waals surface area contributed by atoms with E-state index in [2.05, 4.69) is 55.9 Å². The predicted molar refractivity (Wildman–Crippen MR) is 265 cm³/mol. The monoisotopic (exact) mass is 974 g/mol. The SMILES string of the molecule is Cn1c(=O)n(C2CCC(=O)NC2=O)c2cccc(CN3CC(N4CCC(N5CCC6(CC5)CN(c5nccc(COc7ccc(C(C)(C)c8cc(Cl)c(OCCCl)c(C#N)c8)cc7)n5)C6)CC4)C3)c21. The highest BCUT2D eigenvalue weighted by atomic mass is 35.5. The molecule has 5 aromatic rings. The van der Waals surface area contributed by atoms with Crippen LogP contribution in [-0.4, -0.2) is 123 Å². The van der Waals surface area contributed by atoms with Crippen LogP contribution in [0.1, 0.15) is 86.4 Å². The van der Waals surface area contributed by atoms with Gasteiger partial charge in [0.2, 0.25) is 17.8 Å². The molecule has 1 spiro atoms. The number of hydrogen-bond acceptors (Lipinski definition) is 12. The first-order chi connectivity index (χ1) is 33.3. The molecule has 69 heavy (non-hydrogen) atoms. The van der Waals surface area contributed by atoms with Gasteiger partial charge >= 0.3 is 5.69 Å². The number of nitrogens with one attached hydrogen (secondary N) is 1. The molecule has 5 saturated heterocycles. The van der Waals surface area contributed by atoms with Crippen molar-refractivity contribution in [2.75, 3.05) is 69.7 Å². The minimum Gasteiger partial charge on any atom is -0.489 e. The van der Waals surface area contributed by atoms with Crippen molar-refractivity contribution < 1.29 is 19.1 Å². The van der Waals surface area contributed by atoms with Gasteiger partial charge in [0.1, 0.15) is 31.1 Å². The van der Waals surface area contributed by atoms with Crippen LogP contribution in [-0.2, 0) is 35.2 Å². The van der Waals surface area contributed by atoms with E-state index in [1.165, 1.54) is 25.7 Å². The number of imidazole rings is 1. The Morgan fingerprint density at radius 2 is 1.65 bits per heavy atom. The minimum absolute atomic E-state index is 0.227. The molecule has 2 aromatic heterocycles. The van der Waals surface area contributed by atoms with Crippen molar-refractivity contribution in [2.45, 2.75) is 89.1 Å². The third-order valence-corrected chi connectivity index (χ3v) is 16.1. The number of anilines is 1. The fourth-order valence-corrected chi connectivity index (χ4v) is 11.8. The number of para-hydroxylation sites is 1. The zero-order valence-corrected chi connectivity index (χ0v) is 41.1. The number of nitrogens with zero attached hydrogens (tertiary/aromatic N) is 9. The van der Waals surface area contributed by atoms with Crippen molar-refractivity contribution in [3.8, 4) is 17.6 Å². The van der Waals surface area contributed by atoms with Gasteiger partial charge in [0, 0.05) is 88.4 Å². The fraction of sp³-hybridized carbons (Fsp3) is 0.500. The Labute approximate surface area is 412 Å². The van der Waals surface area contributed by atoms with Crippen LogP contribution < -0.4 is 25.4 Å². The number of fused-ring (bicyclic) bond motifs is 1. The van der Waals surface area contributed by atoms with Crippen molar-refractivity contribution in [1.82, 2.24) is 39.1 Å². The van der Waals surface area contributed by atoms with Gasteiger partial charge in [-0.3, -0.25) is 33.8 Å². The predicted octanol–water partition coefficient (Wildman–Crippen LogP) is 6.41. The normalized spacial score (nSPS) is 20.7. The molecule has 10 rings (SSSR count). The molecule has 5 aliphatic rings. The summed E-state index contributed by atoms with van der Waals surface area (Å²) in [6.07, 6.45) is 7.20. The number of imide groups is 1. The van der Waals surface area contributed by atoms with Crippen LogP contribution >= 0.6 is 23.2 Å². The molecule has 1 unspecified atom stereocenters. The Morgan fingerprint density at radius 3 is 2.36 bits per heavy atom.